The molecular weight excluding hydrogens is 260 g/mol. The van der Waals surface area contributed by atoms with E-state index in [9.17, 15) is 4.79 Å². The van der Waals surface area contributed by atoms with E-state index in [1.54, 1.807) is 6.92 Å². The molecule has 4 heteroatoms. The van der Waals surface area contributed by atoms with Gasteiger partial charge in [-0.05, 0) is 38.3 Å². The predicted octanol–water partition coefficient (Wildman–Crippen LogP) is 2.47. The number of nitrogens with two attached hydrogens (primary N) is 1. The number of benzene rings is 1. The van der Waals surface area contributed by atoms with E-state index >= 15 is 0 Å². The predicted molar refractivity (Wildman–Crippen MR) is 80.6 cm³/mol. The molecule has 106 valence electrons. The number of halogens is 1. The van der Waals surface area contributed by atoms with Crippen LogP contribution < -0.4 is 5.73 Å². The summed E-state index contributed by atoms with van der Waals surface area (Å²) in [5.41, 5.74) is 8.38. The molecule has 0 aliphatic carbocycles. The fourth-order valence-electron chi connectivity index (χ4n) is 2.87. The monoisotopic (exact) mass is 282 g/mol. The Balaban J connectivity index is 0.00000180. The molecule has 1 amide bonds. The lowest BCUT2D eigenvalue weighted by molar-refractivity contribution is -0.132. The molecule has 0 saturated carbocycles. The Morgan fingerprint density at radius 3 is 2.63 bits per heavy atom. The van der Waals surface area contributed by atoms with Crippen LogP contribution in [0.15, 0.2) is 24.3 Å². The highest BCUT2D eigenvalue weighted by Crippen LogP contribution is 2.33. The van der Waals surface area contributed by atoms with Gasteiger partial charge in [-0.2, -0.15) is 0 Å². The fraction of sp³-hybridized carbons (Fsp3) is 0.533. The van der Waals surface area contributed by atoms with E-state index in [2.05, 4.69) is 38.1 Å². The lowest BCUT2D eigenvalue weighted by Gasteiger charge is -2.23. The number of hydrogen-bond donors (Lipinski definition) is 1. The van der Waals surface area contributed by atoms with Crippen LogP contribution >= 0.6 is 12.4 Å². The van der Waals surface area contributed by atoms with Gasteiger partial charge < -0.3 is 10.6 Å². The van der Waals surface area contributed by atoms with Crippen molar-refractivity contribution in [3.05, 3.63) is 35.4 Å². The molecule has 0 aromatic heterocycles. The van der Waals surface area contributed by atoms with Crippen molar-refractivity contribution in [1.82, 2.24) is 4.90 Å². The lowest BCUT2D eigenvalue weighted by atomic mass is 9.93. The third-order valence-corrected chi connectivity index (χ3v) is 3.88. The zero-order valence-electron chi connectivity index (χ0n) is 11.8. The second kappa shape index (κ2) is 6.40. The third-order valence-electron chi connectivity index (χ3n) is 3.88. The highest BCUT2D eigenvalue weighted by molar-refractivity contribution is 5.85. The number of rotatable bonds is 2. The van der Waals surface area contributed by atoms with Crippen molar-refractivity contribution in [2.75, 3.05) is 6.54 Å². The summed E-state index contributed by atoms with van der Waals surface area (Å²) >= 11 is 0. The molecule has 3 nitrogen and oxygen atoms in total. The first-order chi connectivity index (χ1) is 8.50. The highest BCUT2D eigenvalue weighted by Gasteiger charge is 2.34. The molecule has 1 aromatic rings. The molecule has 2 unspecified atom stereocenters. The zero-order chi connectivity index (χ0) is 13.3. The zero-order valence-corrected chi connectivity index (χ0v) is 12.6. The summed E-state index contributed by atoms with van der Waals surface area (Å²) in [7, 11) is 0. The van der Waals surface area contributed by atoms with E-state index in [1.165, 1.54) is 11.1 Å². The van der Waals surface area contributed by atoms with Crippen LogP contribution in [0.4, 0.5) is 0 Å². The van der Waals surface area contributed by atoms with Gasteiger partial charge >= 0.3 is 0 Å². The molecular formula is C15H23ClN2O. The first kappa shape index (κ1) is 16.0. The standard InChI is InChI=1S/C15H22N2O.ClH/c1-10-6-4-5-7-14(10)13-8-11(2)17(9-13)15(18)12(3)16;/h4-7,11-13H,8-9,16H2,1-3H3;1H/t11?,12-,13?;/m0./s1. The van der Waals surface area contributed by atoms with Crippen LogP contribution in [-0.4, -0.2) is 29.4 Å². The van der Waals surface area contributed by atoms with Crippen molar-refractivity contribution in [2.45, 2.75) is 45.2 Å². The Morgan fingerprint density at radius 1 is 1.42 bits per heavy atom. The molecule has 1 saturated heterocycles. The Labute approximate surface area is 121 Å². The summed E-state index contributed by atoms with van der Waals surface area (Å²) in [6, 6.07) is 8.32. The minimum absolute atomic E-state index is 0. The van der Waals surface area contributed by atoms with Gasteiger partial charge in [0.1, 0.15) is 0 Å². The van der Waals surface area contributed by atoms with Gasteiger partial charge in [-0.3, -0.25) is 4.79 Å². The SMILES string of the molecule is Cc1ccccc1C1CC(C)N(C(=O)[C@H](C)N)C1.Cl. The van der Waals surface area contributed by atoms with Crippen LogP contribution in [0.25, 0.3) is 0 Å². The van der Waals surface area contributed by atoms with Crippen LogP contribution in [0.5, 0.6) is 0 Å². The van der Waals surface area contributed by atoms with Gasteiger partial charge in [0.15, 0.2) is 0 Å². The summed E-state index contributed by atoms with van der Waals surface area (Å²) in [4.78, 5) is 14.0. The second-order valence-electron chi connectivity index (χ2n) is 5.42. The number of hydrogen-bond acceptors (Lipinski definition) is 2. The molecule has 1 aliphatic rings. The maximum absolute atomic E-state index is 12.0. The van der Waals surface area contributed by atoms with Crippen molar-refractivity contribution < 1.29 is 4.79 Å². The quantitative estimate of drug-likeness (QED) is 0.906. The number of amides is 1. The molecule has 0 radical (unpaired) electrons. The van der Waals surface area contributed by atoms with Gasteiger partial charge in [0.2, 0.25) is 5.91 Å². The third kappa shape index (κ3) is 3.28. The summed E-state index contributed by atoms with van der Waals surface area (Å²) in [5, 5.41) is 0. The first-order valence-electron chi connectivity index (χ1n) is 6.62. The molecule has 0 bridgehead atoms. The number of aryl methyl sites for hydroxylation is 1. The number of carbonyl (C=O) groups is 1. The van der Waals surface area contributed by atoms with Gasteiger partial charge in [0, 0.05) is 18.5 Å². The van der Waals surface area contributed by atoms with E-state index in [0.29, 0.717) is 5.92 Å². The normalized spacial score (nSPS) is 23.9. The molecule has 1 fully saturated rings. The molecule has 2 rings (SSSR count). The first-order valence-corrected chi connectivity index (χ1v) is 6.62. The minimum atomic E-state index is -0.400. The van der Waals surface area contributed by atoms with E-state index in [0.717, 1.165) is 13.0 Å². The Kier molecular flexibility index (Phi) is 5.39. The summed E-state index contributed by atoms with van der Waals surface area (Å²) in [6.07, 6.45) is 1.03. The Hall–Kier alpha value is -1.06. The average molecular weight is 283 g/mol. The largest absolute Gasteiger partial charge is 0.338 e. The number of nitrogens with zero attached hydrogens (tertiary/aromatic N) is 1. The number of likely N-dealkylation sites (tertiary alicyclic amines) is 1. The summed E-state index contributed by atoms with van der Waals surface area (Å²) < 4.78 is 0. The van der Waals surface area contributed by atoms with E-state index in [-0.39, 0.29) is 24.4 Å². The van der Waals surface area contributed by atoms with Gasteiger partial charge in [0.25, 0.3) is 0 Å². The van der Waals surface area contributed by atoms with Crippen molar-refractivity contribution in [1.29, 1.82) is 0 Å². The number of carbonyl (C=O) groups excluding carboxylic acids is 1. The molecule has 2 N–H and O–H groups in total. The van der Waals surface area contributed by atoms with E-state index in [1.807, 2.05) is 4.90 Å². The van der Waals surface area contributed by atoms with Gasteiger partial charge in [-0.15, -0.1) is 12.4 Å². The molecule has 3 atom stereocenters. The van der Waals surface area contributed by atoms with E-state index in [4.69, 9.17) is 5.73 Å². The summed E-state index contributed by atoms with van der Waals surface area (Å²) in [5.74, 6) is 0.516. The molecule has 0 spiro atoms. The highest BCUT2D eigenvalue weighted by atomic mass is 35.5. The molecule has 1 heterocycles. The van der Waals surface area contributed by atoms with Crippen LogP contribution in [0, 0.1) is 6.92 Å². The van der Waals surface area contributed by atoms with Crippen molar-refractivity contribution in [3.63, 3.8) is 0 Å². The van der Waals surface area contributed by atoms with Crippen LogP contribution in [-0.2, 0) is 4.79 Å². The Bertz CT molecular complexity index is 448. The minimum Gasteiger partial charge on any atom is -0.338 e. The topological polar surface area (TPSA) is 46.3 Å². The van der Waals surface area contributed by atoms with Crippen LogP contribution in [0.3, 0.4) is 0 Å². The smallest absolute Gasteiger partial charge is 0.239 e. The van der Waals surface area contributed by atoms with Crippen molar-refractivity contribution >= 4 is 18.3 Å². The van der Waals surface area contributed by atoms with Gasteiger partial charge in [-0.1, -0.05) is 24.3 Å². The van der Waals surface area contributed by atoms with Crippen LogP contribution in [0.2, 0.25) is 0 Å². The maximum atomic E-state index is 12.0. The molecule has 19 heavy (non-hydrogen) atoms. The maximum Gasteiger partial charge on any atom is 0.239 e. The second-order valence-corrected chi connectivity index (χ2v) is 5.42. The van der Waals surface area contributed by atoms with Crippen molar-refractivity contribution in [3.8, 4) is 0 Å². The van der Waals surface area contributed by atoms with Crippen LogP contribution in [0.1, 0.15) is 37.3 Å². The van der Waals surface area contributed by atoms with Gasteiger partial charge in [0.05, 0.1) is 6.04 Å². The van der Waals surface area contributed by atoms with Gasteiger partial charge in [-0.25, -0.2) is 0 Å². The molecule has 1 aliphatic heterocycles. The average Bonchev–Trinajstić information content (AvgIpc) is 2.70. The fourth-order valence-corrected chi connectivity index (χ4v) is 2.87. The molecule has 1 aromatic carbocycles. The summed E-state index contributed by atoms with van der Waals surface area (Å²) in [6.45, 7) is 6.80. The van der Waals surface area contributed by atoms with Crippen molar-refractivity contribution in [2.24, 2.45) is 5.73 Å². The lowest BCUT2D eigenvalue weighted by Crippen LogP contribution is -2.43. The Morgan fingerprint density at radius 2 is 2.05 bits per heavy atom. The van der Waals surface area contributed by atoms with E-state index < -0.39 is 6.04 Å².